The first-order chi connectivity index (χ1) is 13.2. The molecule has 0 unspecified atom stereocenters. The highest BCUT2D eigenvalue weighted by Gasteiger charge is 2.47. The van der Waals surface area contributed by atoms with Gasteiger partial charge in [-0.1, -0.05) is 12.1 Å². The van der Waals surface area contributed by atoms with Gasteiger partial charge in [0, 0.05) is 43.8 Å². The first-order valence-electron chi connectivity index (χ1n) is 9.96. The maximum Gasteiger partial charge on any atom is 0.270 e. The van der Waals surface area contributed by atoms with Gasteiger partial charge in [0.2, 0.25) is 0 Å². The number of rotatable bonds is 4. The SMILES string of the molecule is COc1ccc([C@H]2[C@@H]3CN(C(=O)c4cccn4C4CC4)C[C@@H]3CN2C)cc1.Cl. The quantitative estimate of drug-likeness (QED) is 0.785. The molecule has 5 nitrogen and oxygen atoms in total. The third-order valence-corrected chi connectivity index (χ3v) is 6.58. The number of fused-ring (bicyclic) bond motifs is 1. The van der Waals surface area contributed by atoms with E-state index in [0.29, 0.717) is 23.9 Å². The summed E-state index contributed by atoms with van der Waals surface area (Å²) in [6.45, 7) is 2.77. The monoisotopic (exact) mass is 401 g/mol. The highest BCUT2D eigenvalue weighted by Crippen LogP contribution is 2.45. The molecule has 1 amide bonds. The lowest BCUT2D eigenvalue weighted by Gasteiger charge is -2.27. The van der Waals surface area contributed by atoms with E-state index in [4.69, 9.17) is 4.74 Å². The molecule has 0 bridgehead atoms. The van der Waals surface area contributed by atoms with Crippen molar-refractivity contribution in [3.8, 4) is 5.75 Å². The van der Waals surface area contributed by atoms with Crippen LogP contribution in [0.3, 0.4) is 0 Å². The van der Waals surface area contributed by atoms with Gasteiger partial charge in [0.15, 0.2) is 0 Å². The summed E-state index contributed by atoms with van der Waals surface area (Å²) in [6, 6.07) is 13.3. The maximum absolute atomic E-state index is 13.2. The van der Waals surface area contributed by atoms with Gasteiger partial charge in [-0.2, -0.15) is 0 Å². The summed E-state index contributed by atoms with van der Waals surface area (Å²) >= 11 is 0. The van der Waals surface area contributed by atoms with Gasteiger partial charge in [0.1, 0.15) is 11.4 Å². The normalized spacial score (nSPS) is 26.8. The molecule has 3 heterocycles. The Morgan fingerprint density at radius 3 is 2.50 bits per heavy atom. The number of nitrogens with zero attached hydrogens (tertiary/aromatic N) is 3. The number of benzene rings is 1. The molecule has 1 aliphatic carbocycles. The second-order valence-corrected chi connectivity index (χ2v) is 8.32. The van der Waals surface area contributed by atoms with E-state index < -0.39 is 0 Å². The van der Waals surface area contributed by atoms with Crippen LogP contribution in [-0.4, -0.2) is 54.1 Å². The van der Waals surface area contributed by atoms with Gasteiger partial charge in [-0.05, 0) is 55.6 Å². The van der Waals surface area contributed by atoms with Crippen LogP contribution in [0.15, 0.2) is 42.6 Å². The number of amides is 1. The standard InChI is InChI=1S/C22H27N3O2.ClH/c1-23-12-16-13-24(22(26)20-4-3-11-25(20)17-7-8-17)14-19(16)21(23)15-5-9-18(27-2)10-6-15;/h3-6,9-11,16-17,19,21H,7-8,12-14H2,1-2H3;1H/t16-,19+,21-;/m0./s1. The van der Waals surface area contributed by atoms with Crippen molar-refractivity contribution in [3.63, 3.8) is 0 Å². The van der Waals surface area contributed by atoms with E-state index in [0.717, 1.165) is 31.1 Å². The fourth-order valence-electron chi connectivity index (χ4n) is 5.13. The predicted octanol–water partition coefficient (Wildman–Crippen LogP) is 3.63. The third kappa shape index (κ3) is 3.20. The lowest BCUT2D eigenvalue weighted by atomic mass is 9.89. The number of carbonyl (C=O) groups excluding carboxylic acids is 1. The van der Waals surface area contributed by atoms with Crippen LogP contribution < -0.4 is 4.74 Å². The van der Waals surface area contributed by atoms with Gasteiger partial charge in [0.05, 0.1) is 7.11 Å². The molecular weight excluding hydrogens is 374 g/mol. The third-order valence-electron chi connectivity index (χ3n) is 6.58. The fourth-order valence-corrected chi connectivity index (χ4v) is 5.13. The lowest BCUT2D eigenvalue weighted by Crippen LogP contribution is -2.34. The van der Waals surface area contributed by atoms with Crippen LogP contribution in [-0.2, 0) is 0 Å². The topological polar surface area (TPSA) is 37.7 Å². The molecule has 28 heavy (non-hydrogen) atoms. The second kappa shape index (κ2) is 7.45. The molecule has 1 aromatic heterocycles. The van der Waals surface area contributed by atoms with Crippen LogP contribution in [0.4, 0.5) is 0 Å². The van der Waals surface area contributed by atoms with Crippen LogP contribution in [0.5, 0.6) is 5.75 Å². The Kier molecular flexibility index (Phi) is 5.15. The van der Waals surface area contributed by atoms with E-state index in [1.807, 2.05) is 24.3 Å². The van der Waals surface area contributed by atoms with Crippen molar-refractivity contribution in [3.05, 3.63) is 53.9 Å². The summed E-state index contributed by atoms with van der Waals surface area (Å²) < 4.78 is 7.49. The summed E-state index contributed by atoms with van der Waals surface area (Å²) in [5.74, 6) is 2.14. The molecule has 6 heteroatoms. The molecule has 2 aromatic rings. The second-order valence-electron chi connectivity index (χ2n) is 8.32. The molecule has 0 N–H and O–H groups in total. The number of likely N-dealkylation sites (tertiary alicyclic amines) is 2. The zero-order valence-corrected chi connectivity index (χ0v) is 17.3. The summed E-state index contributed by atoms with van der Waals surface area (Å²) in [7, 11) is 3.91. The van der Waals surface area contributed by atoms with Crippen molar-refractivity contribution in [2.45, 2.75) is 24.9 Å². The smallest absolute Gasteiger partial charge is 0.270 e. The average molecular weight is 402 g/mol. The van der Waals surface area contributed by atoms with Crippen LogP contribution in [0.25, 0.3) is 0 Å². The van der Waals surface area contributed by atoms with Gasteiger partial charge in [-0.25, -0.2) is 0 Å². The summed E-state index contributed by atoms with van der Waals surface area (Å²) in [6.07, 6.45) is 4.46. The number of ether oxygens (including phenoxy) is 1. The molecule has 1 aromatic carbocycles. The lowest BCUT2D eigenvalue weighted by molar-refractivity contribution is 0.0757. The van der Waals surface area contributed by atoms with E-state index in [-0.39, 0.29) is 18.3 Å². The maximum atomic E-state index is 13.2. The molecule has 150 valence electrons. The van der Waals surface area contributed by atoms with Crippen LogP contribution in [0.1, 0.15) is 41.0 Å². The molecule has 2 aliphatic heterocycles. The molecule has 5 rings (SSSR count). The molecule has 2 saturated heterocycles. The van der Waals surface area contributed by atoms with E-state index in [1.165, 1.54) is 18.4 Å². The number of halogens is 1. The minimum Gasteiger partial charge on any atom is -0.497 e. The molecule has 0 radical (unpaired) electrons. The minimum absolute atomic E-state index is 0. The Balaban J connectivity index is 0.00000192. The molecular formula is C22H28ClN3O2. The highest BCUT2D eigenvalue weighted by molar-refractivity contribution is 5.93. The van der Waals surface area contributed by atoms with Crippen molar-refractivity contribution in [1.29, 1.82) is 0 Å². The largest absolute Gasteiger partial charge is 0.497 e. The molecule has 3 aliphatic rings. The number of aromatic nitrogens is 1. The van der Waals surface area contributed by atoms with Gasteiger partial charge >= 0.3 is 0 Å². The van der Waals surface area contributed by atoms with Crippen molar-refractivity contribution in [2.75, 3.05) is 33.8 Å². The Hall–Kier alpha value is -1.98. The van der Waals surface area contributed by atoms with Crippen molar-refractivity contribution in [2.24, 2.45) is 11.8 Å². The number of methoxy groups -OCH3 is 1. The van der Waals surface area contributed by atoms with E-state index in [2.05, 4.69) is 39.7 Å². The first kappa shape index (κ1) is 19.3. The summed E-state index contributed by atoms with van der Waals surface area (Å²) in [5.41, 5.74) is 2.19. The van der Waals surface area contributed by atoms with Gasteiger partial charge in [-0.15, -0.1) is 12.4 Å². The average Bonchev–Trinajstić information content (AvgIpc) is 3.13. The molecule has 0 spiro atoms. The molecule has 3 fully saturated rings. The molecule has 3 atom stereocenters. The first-order valence-corrected chi connectivity index (χ1v) is 9.96. The molecule has 1 saturated carbocycles. The Morgan fingerprint density at radius 2 is 1.82 bits per heavy atom. The summed E-state index contributed by atoms with van der Waals surface area (Å²) in [5, 5.41) is 0. The van der Waals surface area contributed by atoms with Crippen LogP contribution in [0, 0.1) is 11.8 Å². The van der Waals surface area contributed by atoms with E-state index in [1.54, 1.807) is 7.11 Å². The number of carbonyl (C=O) groups is 1. The minimum atomic E-state index is 0. The predicted molar refractivity (Wildman–Crippen MR) is 111 cm³/mol. The van der Waals surface area contributed by atoms with Crippen LogP contribution >= 0.6 is 12.4 Å². The number of hydrogen-bond donors (Lipinski definition) is 0. The number of hydrogen-bond acceptors (Lipinski definition) is 3. The summed E-state index contributed by atoms with van der Waals surface area (Å²) in [4.78, 5) is 17.7. The van der Waals surface area contributed by atoms with Gasteiger partial charge < -0.3 is 14.2 Å². The Bertz CT molecular complexity index is 846. The van der Waals surface area contributed by atoms with Gasteiger partial charge in [0.25, 0.3) is 5.91 Å². The fraction of sp³-hybridized carbons (Fsp3) is 0.500. The van der Waals surface area contributed by atoms with E-state index >= 15 is 0 Å². The van der Waals surface area contributed by atoms with Crippen LogP contribution in [0.2, 0.25) is 0 Å². The Labute approximate surface area is 172 Å². The zero-order valence-electron chi connectivity index (χ0n) is 16.5. The van der Waals surface area contributed by atoms with Crippen molar-refractivity contribution in [1.82, 2.24) is 14.4 Å². The highest BCUT2D eigenvalue weighted by atomic mass is 35.5. The van der Waals surface area contributed by atoms with Gasteiger partial charge in [-0.3, -0.25) is 9.69 Å². The van der Waals surface area contributed by atoms with Crippen molar-refractivity contribution < 1.29 is 9.53 Å². The zero-order chi connectivity index (χ0) is 18.5. The Morgan fingerprint density at radius 1 is 1.07 bits per heavy atom. The van der Waals surface area contributed by atoms with E-state index in [9.17, 15) is 4.79 Å². The van der Waals surface area contributed by atoms with Crippen molar-refractivity contribution >= 4 is 18.3 Å².